The van der Waals surface area contributed by atoms with Crippen LogP contribution in [0.4, 0.5) is 11.4 Å². The van der Waals surface area contributed by atoms with Gasteiger partial charge in [-0.3, -0.25) is 9.59 Å². The lowest BCUT2D eigenvalue weighted by atomic mass is 9.81. The second-order valence-corrected chi connectivity index (χ2v) is 8.13. The van der Waals surface area contributed by atoms with E-state index in [1.807, 2.05) is 36.4 Å². The van der Waals surface area contributed by atoms with E-state index < -0.39 is 0 Å². The first kappa shape index (κ1) is 17.4. The molecule has 0 spiro atoms. The Morgan fingerprint density at radius 1 is 0.933 bits per heavy atom. The average Bonchev–Trinajstić information content (AvgIpc) is 2.80. The van der Waals surface area contributed by atoms with Crippen LogP contribution in [0.5, 0.6) is 5.75 Å². The molecular weight excluding hydrogens is 376 g/mol. The molecule has 1 fully saturated rings. The summed E-state index contributed by atoms with van der Waals surface area (Å²) in [5.41, 5.74) is 4.17. The summed E-state index contributed by atoms with van der Waals surface area (Å²) in [6.07, 6.45) is 11.0. The van der Waals surface area contributed by atoms with Gasteiger partial charge in [0.15, 0.2) is 11.5 Å². The van der Waals surface area contributed by atoms with Crippen molar-refractivity contribution in [2.45, 2.75) is 25.4 Å². The Kier molecular flexibility index (Phi) is 3.78. The molecule has 2 aliphatic heterocycles. The van der Waals surface area contributed by atoms with Gasteiger partial charge in [0.05, 0.1) is 11.3 Å². The fourth-order valence-electron chi connectivity index (χ4n) is 4.87. The largest absolute Gasteiger partial charge is 0.468 e. The number of ketones is 2. The first-order valence-corrected chi connectivity index (χ1v) is 10.5. The number of rotatable bonds is 1. The van der Waals surface area contributed by atoms with Gasteiger partial charge >= 0.3 is 0 Å². The number of hydrogen-bond acceptors (Lipinski definition) is 4. The maximum absolute atomic E-state index is 13.6. The summed E-state index contributed by atoms with van der Waals surface area (Å²) in [5.74, 6) is 0.418. The van der Waals surface area contributed by atoms with E-state index in [2.05, 4.69) is 9.89 Å². The van der Waals surface area contributed by atoms with Crippen molar-refractivity contribution in [3.8, 4) is 5.75 Å². The van der Waals surface area contributed by atoms with E-state index in [4.69, 9.17) is 4.74 Å². The Bertz CT molecular complexity index is 1200. The fraction of sp³-hybridized carbons (Fsp3) is 0.240. The van der Waals surface area contributed by atoms with Crippen LogP contribution in [-0.2, 0) is 0 Å². The van der Waals surface area contributed by atoms with E-state index in [9.17, 15) is 9.59 Å². The minimum absolute atomic E-state index is 0.0865. The van der Waals surface area contributed by atoms with Gasteiger partial charge in [0.2, 0.25) is 17.6 Å². The highest BCUT2D eigenvalue weighted by molar-refractivity contribution is 6.32. The minimum atomic E-state index is -0.212. The van der Waals surface area contributed by atoms with Crippen molar-refractivity contribution in [1.82, 2.24) is 0 Å². The SMILES string of the molecule is O=C1c2ccccc2C(=O)c2c3c(cc(N4CCCCC4)c21)OC1C=CC=CC1=[NH+]3. The van der Waals surface area contributed by atoms with Gasteiger partial charge in [-0.05, 0) is 25.3 Å². The standard InChI is InChI=1S/C25H20N2O3/c28-24-15-8-2-3-9-16(15)25(29)22-21(24)18(27-12-6-1-7-13-27)14-20-23(22)26-17-10-4-5-11-19(17)30-20/h2-5,8-11,14,19H,1,6-7,12-13H2/p+1. The molecule has 1 saturated heterocycles. The molecule has 0 amide bonds. The van der Waals surface area contributed by atoms with Crippen molar-refractivity contribution in [2.75, 3.05) is 18.0 Å². The molecule has 30 heavy (non-hydrogen) atoms. The molecule has 1 unspecified atom stereocenters. The average molecular weight is 397 g/mol. The highest BCUT2D eigenvalue weighted by atomic mass is 16.5. The number of benzene rings is 2. The highest BCUT2D eigenvalue weighted by Gasteiger charge is 2.41. The lowest BCUT2D eigenvalue weighted by Crippen LogP contribution is -2.72. The number of nitrogens with one attached hydrogen (secondary N) is 1. The number of hydrogen-bond donors (Lipinski definition) is 1. The minimum Gasteiger partial charge on any atom is -0.468 e. The molecule has 2 heterocycles. The van der Waals surface area contributed by atoms with Crippen LogP contribution in [0.3, 0.4) is 0 Å². The molecule has 148 valence electrons. The van der Waals surface area contributed by atoms with Gasteiger partial charge in [-0.1, -0.05) is 36.4 Å². The van der Waals surface area contributed by atoms with Gasteiger partial charge in [-0.25, -0.2) is 4.99 Å². The summed E-state index contributed by atoms with van der Waals surface area (Å²) in [5, 5.41) is 0. The van der Waals surface area contributed by atoms with E-state index in [1.54, 1.807) is 18.2 Å². The maximum atomic E-state index is 13.6. The number of anilines is 1. The topological polar surface area (TPSA) is 60.6 Å². The molecule has 2 aliphatic carbocycles. The molecule has 2 aromatic rings. The zero-order valence-electron chi connectivity index (χ0n) is 16.5. The number of piperidine rings is 1. The van der Waals surface area contributed by atoms with Crippen LogP contribution in [0.1, 0.15) is 51.1 Å². The van der Waals surface area contributed by atoms with Crippen LogP contribution in [0.15, 0.2) is 54.6 Å². The molecule has 0 radical (unpaired) electrons. The Hall–Kier alpha value is -3.47. The van der Waals surface area contributed by atoms with Crippen LogP contribution in [0.2, 0.25) is 0 Å². The predicted molar refractivity (Wildman–Crippen MR) is 114 cm³/mol. The third kappa shape index (κ3) is 2.45. The maximum Gasteiger partial charge on any atom is 0.258 e. The van der Waals surface area contributed by atoms with E-state index in [0.717, 1.165) is 37.3 Å². The number of fused-ring (bicyclic) bond motifs is 5. The highest BCUT2D eigenvalue weighted by Crippen LogP contribution is 2.43. The van der Waals surface area contributed by atoms with Gasteiger partial charge in [0.1, 0.15) is 5.56 Å². The van der Waals surface area contributed by atoms with Crippen molar-refractivity contribution < 1.29 is 19.3 Å². The molecule has 1 N–H and O–H groups in total. The molecule has 0 saturated carbocycles. The molecule has 5 nitrogen and oxygen atoms in total. The summed E-state index contributed by atoms with van der Waals surface area (Å²) >= 11 is 0. The monoisotopic (exact) mass is 397 g/mol. The molecule has 6 rings (SSSR count). The lowest BCUT2D eigenvalue weighted by Gasteiger charge is -2.33. The van der Waals surface area contributed by atoms with Crippen molar-refractivity contribution in [3.63, 3.8) is 0 Å². The van der Waals surface area contributed by atoms with Gasteiger partial charge in [-0.15, -0.1) is 0 Å². The van der Waals surface area contributed by atoms with Crippen molar-refractivity contribution in [1.29, 1.82) is 0 Å². The lowest BCUT2D eigenvalue weighted by molar-refractivity contribution is -0.362. The molecule has 5 heteroatoms. The van der Waals surface area contributed by atoms with Crippen molar-refractivity contribution in [3.05, 3.63) is 76.9 Å². The van der Waals surface area contributed by atoms with Gasteiger partial charge in [-0.2, -0.15) is 0 Å². The smallest absolute Gasteiger partial charge is 0.258 e. The van der Waals surface area contributed by atoms with Crippen LogP contribution in [0.25, 0.3) is 0 Å². The summed E-state index contributed by atoms with van der Waals surface area (Å²) in [6, 6.07) is 9.06. The van der Waals surface area contributed by atoms with Crippen LogP contribution in [0, 0.1) is 0 Å². The third-order valence-electron chi connectivity index (χ3n) is 6.34. The zero-order valence-corrected chi connectivity index (χ0v) is 16.5. The van der Waals surface area contributed by atoms with E-state index in [-0.39, 0.29) is 17.7 Å². The Labute approximate surface area is 174 Å². The van der Waals surface area contributed by atoms with Crippen molar-refractivity contribution in [2.24, 2.45) is 0 Å². The Balaban J connectivity index is 1.63. The van der Waals surface area contributed by atoms with E-state index >= 15 is 0 Å². The van der Waals surface area contributed by atoms with Crippen LogP contribution >= 0.6 is 0 Å². The van der Waals surface area contributed by atoms with Crippen LogP contribution < -0.4 is 14.6 Å². The first-order valence-electron chi connectivity index (χ1n) is 10.5. The molecule has 2 aromatic carbocycles. The summed E-state index contributed by atoms with van der Waals surface area (Å²) in [6.45, 7) is 1.76. The quantitative estimate of drug-likeness (QED) is 0.686. The van der Waals surface area contributed by atoms with Gasteiger partial charge < -0.3 is 9.64 Å². The summed E-state index contributed by atoms with van der Waals surface area (Å²) < 4.78 is 6.28. The first-order chi connectivity index (χ1) is 14.7. The Morgan fingerprint density at radius 2 is 1.67 bits per heavy atom. The third-order valence-corrected chi connectivity index (χ3v) is 6.34. The molecule has 0 aromatic heterocycles. The molecule has 1 atom stereocenters. The molecular formula is C25H21N2O3+. The Morgan fingerprint density at radius 3 is 2.43 bits per heavy atom. The van der Waals surface area contributed by atoms with Crippen molar-refractivity contribution >= 4 is 28.7 Å². The predicted octanol–water partition coefficient (Wildman–Crippen LogP) is 2.49. The van der Waals surface area contributed by atoms with E-state index in [1.165, 1.54) is 6.42 Å². The number of carbonyl (C=O) groups is 2. The molecule has 4 aliphatic rings. The van der Waals surface area contributed by atoms with Gasteiger partial charge in [0, 0.05) is 36.4 Å². The summed E-state index contributed by atoms with van der Waals surface area (Å²) in [4.78, 5) is 32.9. The van der Waals surface area contributed by atoms with Gasteiger partial charge in [0.25, 0.3) is 5.69 Å². The number of nitrogens with zero attached hydrogens (tertiary/aromatic N) is 1. The number of allylic oxidation sites excluding steroid dienone is 2. The number of carbonyl (C=O) groups excluding carboxylic acids is 2. The van der Waals surface area contributed by atoms with E-state index in [0.29, 0.717) is 33.7 Å². The second kappa shape index (κ2) is 6.52. The second-order valence-electron chi connectivity index (χ2n) is 8.13. The number of ether oxygens (including phenoxy) is 1. The fourth-order valence-corrected chi connectivity index (χ4v) is 4.87. The summed E-state index contributed by atoms with van der Waals surface area (Å²) in [7, 11) is 0. The normalized spacial score (nSPS) is 21.3. The zero-order chi connectivity index (χ0) is 20.2. The molecule has 0 bridgehead atoms. The van der Waals surface area contributed by atoms with Crippen LogP contribution in [-0.4, -0.2) is 36.5 Å².